The molecule has 1 aromatic heterocycles. The summed E-state index contributed by atoms with van der Waals surface area (Å²) in [5.41, 5.74) is 18.0. The van der Waals surface area contributed by atoms with E-state index in [1.807, 2.05) is 6.07 Å². The minimum absolute atomic E-state index is 0.119. The van der Waals surface area contributed by atoms with Crippen LogP contribution in [0.15, 0.2) is 180 Å². The standard InChI is InChI=1S/C56H41NO/c1-55(2)48-29-36-17-9-8-16-35(36)27-44(48)45-28-37-22-23-39(26-38(37)30-49(45)55)57(52-20-12-10-18-41(52)34-14-6-5-7-15-34)40-24-25-42-46-33-54-47(43-19-11-13-21-53(43)58-54)32-51(46)56(3,4)50(42)31-40/h5-33H,1-4H3. The molecule has 0 atom stereocenters. The van der Waals surface area contributed by atoms with Crippen LogP contribution in [-0.2, 0) is 10.8 Å². The van der Waals surface area contributed by atoms with Gasteiger partial charge in [0.05, 0.1) is 5.69 Å². The molecule has 0 radical (unpaired) electrons. The zero-order valence-corrected chi connectivity index (χ0v) is 33.1. The molecule has 2 heteroatoms. The van der Waals surface area contributed by atoms with Gasteiger partial charge in [-0.2, -0.15) is 0 Å². The number of hydrogen-bond acceptors (Lipinski definition) is 2. The van der Waals surface area contributed by atoms with Gasteiger partial charge in [-0.25, -0.2) is 0 Å². The van der Waals surface area contributed by atoms with Crippen molar-refractivity contribution >= 4 is 60.5 Å². The van der Waals surface area contributed by atoms with Crippen LogP contribution < -0.4 is 4.90 Å². The van der Waals surface area contributed by atoms with Crippen LogP contribution in [0.2, 0.25) is 0 Å². The number of anilines is 3. The Labute approximate surface area is 338 Å². The molecule has 9 aromatic carbocycles. The maximum absolute atomic E-state index is 6.40. The predicted molar refractivity (Wildman–Crippen MR) is 244 cm³/mol. The molecule has 0 unspecified atom stereocenters. The van der Waals surface area contributed by atoms with Crippen molar-refractivity contribution in [2.24, 2.45) is 0 Å². The zero-order valence-electron chi connectivity index (χ0n) is 33.1. The fraction of sp³-hybridized carbons (Fsp3) is 0.107. The molecule has 2 aliphatic carbocycles. The second-order valence-electron chi connectivity index (χ2n) is 17.4. The summed E-state index contributed by atoms with van der Waals surface area (Å²) in [6, 6.07) is 65.2. The molecule has 10 aromatic rings. The van der Waals surface area contributed by atoms with E-state index < -0.39 is 0 Å². The lowest BCUT2D eigenvalue weighted by atomic mass is 9.81. The van der Waals surface area contributed by atoms with Crippen LogP contribution in [0.1, 0.15) is 49.9 Å². The lowest BCUT2D eigenvalue weighted by Gasteiger charge is -2.30. The van der Waals surface area contributed by atoms with E-state index in [9.17, 15) is 0 Å². The first-order valence-corrected chi connectivity index (χ1v) is 20.4. The summed E-state index contributed by atoms with van der Waals surface area (Å²) < 4.78 is 6.40. The van der Waals surface area contributed by atoms with Crippen LogP contribution in [0.3, 0.4) is 0 Å². The minimum atomic E-state index is -0.215. The molecule has 58 heavy (non-hydrogen) atoms. The average Bonchev–Trinajstić information content (AvgIpc) is 3.80. The molecule has 0 N–H and O–H groups in total. The summed E-state index contributed by atoms with van der Waals surface area (Å²) >= 11 is 0. The molecular formula is C56H41NO. The third-order valence-corrected chi connectivity index (χ3v) is 13.4. The summed E-state index contributed by atoms with van der Waals surface area (Å²) in [7, 11) is 0. The number of fused-ring (bicyclic) bond motifs is 11. The lowest BCUT2D eigenvalue weighted by molar-refractivity contribution is 0.658. The summed E-state index contributed by atoms with van der Waals surface area (Å²) in [6.07, 6.45) is 0. The molecule has 0 fully saturated rings. The molecule has 0 bridgehead atoms. The van der Waals surface area contributed by atoms with Gasteiger partial charge in [-0.15, -0.1) is 0 Å². The highest BCUT2D eigenvalue weighted by Crippen LogP contribution is 2.54. The Bertz CT molecular complexity index is 3350. The number of benzene rings is 9. The topological polar surface area (TPSA) is 16.4 Å². The van der Waals surface area contributed by atoms with Crippen LogP contribution in [0, 0.1) is 0 Å². The van der Waals surface area contributed by atoms with Crippen molar-refractivity contribution in [3.63, 3.8) is 0 Å². The van der Waals surface area contributed by atoms with Crippen molar-refractivity contribution < 1.29 is 4.42 Å². The van der Waals surface area contributed by atoms with E-state index >= 15 is 0 Å². The summed E-state index contributed by atoms with van der Waals surface area (Å²) in [6.45, 7) is 9.51. The van der Waals surface area contributed by atoms with Gasteiger partial charge in [-0.3, -0.25) is 0 Å². The second-order valence-corrected chi connectivity index (χ2v) is 17.4. The Morgan fingerprint density at radius 3 is 1.72 bits per heavy atom. The Kier molecular flexibility index (Phi) is 6.78. The number of hydrogen-bond donors (Lipinski definition) is 0. The van der Waals surface area contributed by atoms with Crippen LogP contribution in [0.25, 0.3) is 76.9 Å². The quantitative estimate of drug-likeness (QED) is 0.178. The molecule has 12 rings (SSSR count). The van der Waals surface area contributed by atoms with Gasteiger partial charge < -0.3 is 9.32 Å². The third-order valence-electron chi connectivity index (χ3n) is 13.4. The highest BCUT2D eigenvalue weighted by Gasteiger charge is 2.38. The first-order valence-electron chi connectivity index (χ1n) is 20.4. The maximum Gasteiger partial charge on any atom is 0.136 e. The van der Waals surface area contributed by atoms with E-state index in [2.05, 4.69) is 202 Å². The molecule has 0 spiro atoms. The lowest BCUT2D eigenvalue weighted by Crippen LogP contribution is -2.17. The largest absolute Gasteiger partial charge is 0.456 e. The number of furan rings is 1. The van der Waals surface area contributed by atoms with Gasteiger partial charge in [0.2, 0.25) is 0 Å². The molecule has 0 saturated carbocycles. The van der Waals surface area contributed by atoms with Crippen LogP contribution in [0.5, 0.6) is 0 Å². The summed E-state index contributed by atoms with van der Waals surface area (Å²) in [5.74, 6) is 0. The minimum Gasteiger partial charge on any atom is -0.456 e. The Balaban J connectivity index is 1.05. The highest BCUT2D eigenvalue weighted by atomic mass is 16.3. The van der Waals surface area contributed by atoms with Gasteiger partial charge >= 0.3 is 0 Å². The molecule has 276 valence electrons. The second kappa shape index (κ2) is 11.8. The van der Waals surface area contributed by atoms with Crippen molar-refractivity contribution in [2.45, 2.75) is 38.5 Å². The Hall–Kier alpha value is -6.90. The highest BCUT2D eigenvalue weighted by molar-refractivity contribution is 6.08. The molecular weight excluding hydrogens is 703 g/mol. The van der Waals surface area contributed by atoms with Gasteiger partial charge in [0.1, 0.15) is 11.2 Å². The van der Waals surface area contributed by atoms with Gasteiger partial charge in [-0.05, 0) is 144 Å². The van der Waals surface area contributed by atoms with Crippen molar-refractivity contribution in [2.75, 3.05) is 4.90 Å². The summed E-state index contributed by atoms with van der Waals surface area (Å²) in [5, 5.41) is 7.42. The van der Waals surface area contributed by atoms with E-state index in [-0.39, 0.29) is 10.8 Å². The molecule has 0 amide bonds. The number of rotatable bonds is 4. The van der Waals surface area contributed by atoms with E-state index in [1.54, 1.807) is 0 Å². The number of nitrogens with zero attached hydrogens (tertiary/aromatic N) is 1. The Morgan fingerprint density at radius 1 is 0.362 bits per heavy atom. The van der Waals surface area contributed by atoms with Crippen molar-refractivity contribution in [3.8, 4) is 33.4 Å². The van der Waals surface area contributed by atoms with E-state index in [1.165, 1.54) is 88.0 Å². The van der Waals surface area contributed by atoms with Gasteiger partial charge in [0, 0.05) is 38.5 Å². The third kappa shape index (κ3) is 4.66. The van der Waals surface area contributed by atoms with Crippen molar-refractivity contribution in [3.05, 3.63) is 198 Å². The molecule has 0 saturated heterocycles. The predicted octanol–water partition coefficient (Wildman–Crippen LogP) is 15.6. The molecule has 0 aliphatic heterocycles. The van der Waals surface area contributed by atoms with E-state index in [0.29, 0.717) is 0 Å². The maximum atomic E-state index is 6.40. The molecule has 2 aliphatic rings. The fourth-order valence-electron chi connectivity index (χ4n) is 10.3. The first kappa shape index (κ1) is 33.3. The van der Waals surface area contributed by atoms with Crippen LogP contribution in [-0.4, -0.2) is 0 Å². The first-order chi connectivity index (χ1) is 28.2. The van der Waals surface area contributed by atoms with Crippen LogP contribution in [0.4, 0.5) is 17.1 Å². The van der Waals surface area contributed by atoms with Crippen molar-refractivity contribution in [1.82, 2.24) is 0 Å². The molecule has 2 nitrogen and oxygen atoms in total. The monoisotopic (exact) mass is 743 g/mol. The van der Waals surface area contributed by atoms with Gasteiger partial charge in [-0.1, -0.05) is 131 Å². The Morgan fingerprint density at radius 2 is 0.931 bits per heavy atom. The SMILES string of the molecule is CC1(C)c2cc3ccccc3cc2-c2cc3ccc(N(c4ccc5c(c4)C(C)(C)c4cc6c(cc4-5)oc4ccccc46)c4ccccc4-c4ccccc4)cc3cc21. The zero-order chi connectivity index (χ0) is 38.9. The van der Waals surface area contributed by atoms with Crippen molar-refractivity contribution in [1.29, 1.82) is 0 Å². The fourth-order valence-corrected chi connectivity index (χ4v) is 10.3. The molecule has 1 heterocycles. The summed E-state index contributed by atoms with van der Waals surface area (Å²) in [4.78, 5) is 2.47. The van der Waals surface area contributed by atoms with Gasteiger partial charge in [0.15, 0.2) is 0 Å². The van der Waals surface area contributed by atoms with Gasteiger partial charge in [0.25, 0.3) is 0 Å². The average molecular weight is 744 g/mol. The van der Waals surface area contributed by atoms with E-state index in [4.69, 9.17) is 4.42 Å². The van der Waals surface area contributed by atoms with E-state index in [0.717, 1.165) is 28.2 Å². The van der Waals surface area contributed by atoms with Crippen LogP contribution >= 0.6 is 0 Å². The normalized spacial score (nSPS) is 14.5. The smallest absolute Gasteiger partial charge is 0.136 e. The number of para-hydroxylation sites is 2.